The summed E-state index contributed by atoms with van der Waals surface area (Å²) in [7, 11) is 0. The normalized spacial score (nSPS) is 11.7. The quantitative estimate of drug-likeness (QED) is 0.494. The fourth-order valence-electron chi connectivity index (χ4n) is 1.47. The lowest BCUT2D eigenvalue weighted by Crippen LogP contribution is -2.29. The molecule has 0 radical (unpaired) electrons. The van der Waals surface area contributed by atoms with Crippen LogP contribution in [0.3, 0.4) is 0 Å². The van der Waals surface area contributed by atoms with Gasteiger partial charge < -0.3 is 10.1 Å². The highest BCUT2D eigenvalue weighted by Gasteiger charge is 2.22. The van der Waals surface area contributed by atoms with Crippen LogP contribution in [-0.2, 0) is 0 Å². The Labute approximate surface area is 115 Å². The van der Waals surface area contributed by atoms with Crippen molar-refractivity contribution in [3.05, 3.63) is 33.9 Å². The van der Waals surface area contributed by atoms with E-state index in [1.807, 2.05) is 0 Å². The van der Waals surface area contributed by atoms with E-state index in [2.05, 4.69) is 5.32 Å². The van der Waals surface area contributed by atoms with Crippen molar-refractivity contribution in [1.82, 2.24) is 5.32 Å². The van der Waals surface area contributed by atoms with Crippen LogP contribution in [0, 0.1) is 10.1 Å². The number of carbonyl (C=O) groups is 1. The van der Waals surface area contributed by atoms with E-state index >= 15 is 0 Å². The van der Waals surface area contributed by atoms with Crippen molar-refractivity contribution in [3.63, 3.8) is 0 Å². The van der Waals surface area contributed by atoms with Gasteiger partial charge in [-0.15, -0.1) is 11.6 Å². The summed E-state index contributed by atoms with van der Waals surface area (Å²) in [5, 5.41) is 13.3. The minimum atomic E-state index is -0.577. The Morgan fingerprint density at radius 3 is 2.79 bits per heavy atom. The molecule has 0 heterocycles. The smallest absolute Gasteiger partial charge is 0.311 e. The molecular weight excluding hydrogens is 272 g/mol. The Morgan fingerprint density at radius 1 is 1.58 bits per heavy atom. The molecule has 0 bridgehead atoms. The lowest BCUT2D eigenvalue weighted by Gasteiger charge is -2.11. The molecule has 1 rings (SSSR count). The highest BCUT2D eigenvalue weighted by Crippen LogP contribution is 2.30. The van der Waals surface area contributed by atoms with Crippen molar-refractivity contribution in [2.75, 3.05) is 13.2 Å². The van der Waals surface area contributed by atoms with E-state index < -0.39 is 10.8 Å². The van der Waals surface area contributed by atoms with Crippen molar-refractivity contribution in [1.29, 1.82) is 0 Å². The van der Waals surface area contributed by atoms with Gasteiger partial charge in [-0.25, -0.2) is 0 Å². The average Bonchev–Trinajstić information content (AvgIpc) is 2.36. The van der Waals surface area contributed by atoms with E-state index in [9.17, 15) is 14.9 Å². The first kappa shape index (κ1) is 15.2. The summed E-state index contributed by atoms with van der Waals surface area (Å²) in [5.41, 5.74) is -0.0956. The number of amides is 1. The summed E-state index contributed by atoms with van der Waals surface area (Å²) in [6.45, 7) is 3.93. The van der Waals surface area contributed by atoms with Crippen molar-refractivity contribution >= 4 is 23.2 Å². The van der Waals surface area contributed by atoms with E-state index in [4.69, 9.17) is 16.3 Å². The molecule has 0 aromatic heterocycles. The predicted octanol–water partition coefficient (Wildman–Crippen LogP) is 2.35. The van der Waals surface area contributed by atoms with Gasteiger partial charge in [0.2, 0.25) is 5.75 Å². The summed E-state index contributed by atoms with van der Waals surface area (Å²) in [6, 6.07) is 4.22. The standard InChI is InChI=1S/C12H15ClN2O4/c1-3-19-11-9(12(16)14-7-8(2)13)5-4-6-10(11)15(17)18/h4-6,8H,3,7H2,1-2H3,(H,14,16). The molecule has 7 heteroatoms. The molecule has 1 atom stereocenters. The minimum Gasteiger partial charge on any atom is -0.487 e. The van der Waals surface area contributed by atoms with Crippen molar-refractivity contribution in [2.24, 2.45) is 0 Å². The maximum Gasteiger partial charge on any atom is 0.311 e. The zero-order valence-corrected chi connectivity index (χ0v) is 11.4. The molecule has 0 aliphatic heterocycles. The Morgan fingerprint density at radius 2 is 2.26 bits per heavy atom. The maximum absolute atomic E-state index is 11.9. The zero-order chi connectivity index (χ0) is 14.4. The average molecular weight is 287 g/mol. The number of nitrogens with one attached hydrogen (secondary N) is 1. The summed E-state index contributed by atoms with van der Waals surface area (Å²) >= 11 is 5.74. The van der Waals surface area contributed by atoms with Gasteiger partial charge in [-0.1, -0.05) is 6.07 Å². The monoisotopic (exact) mass is 286 g/mol. The third kappa shape index (κ3) is 4.10. The molecule has 0 spiro atoms. The summed E-state index contributed by atoms with van der Waals surface area (Å²) in [4.78, 5) is 22.3. The number of nitrogens with zero attached hydrogens (tertiary/aromatic N) is 1. The van der Waals surface area contributed by atoms with Gasteiger partial charge in [-0.2, -0.15) is 0 Å². The van der Waals surface area contributed by atoms with Crippen LogP contribution in [0.15, 0.2) is 18.2 Å². The molecule has 0 fully saturated rings. The molecule has 1 amide bonds. The highest BCUT2D eigenvalue weighted by atomic mass is 35.5. The number of hydrogen-bond donors (Lipinski definition) is 1. The number of alkyl halides is 1. The van der Waals surface area contributed by atoms with E-state index in [-0.39, 0.29) is 35.5 Å². The van der Waals surface area contributed by atoms with Crippen molar-refractivity contribution in [3.8, 4) is 5.75 Å². The van der Waals surface area contributed by atoms with Crippen LogP contribution in [0.2, 0.25) is 0 Å². The van der Waals surface area contributed by atoms with Crippen LogP contribution in [0.5, 0.6) is 5.75 Å². The molecule has 0 saturated carbocycles. The molecule has 1 N–H and O–H groups in total. The van der Waals surface area contributed by atoms with E-state index in [0.717, 1.165) is 0 Å². The number of halogens is 1. The van der Waals surface area contributed by atoms with E-state index in [1.165, 1.54) is 18.2 Å². The van der Waals surface area contributed by atoms with Gasteiger partial charge >= 0.3 is 5.69 Å². The molecule has 0 aliphatic carbocycles. The fraction of sp³-hybridized carbons (Fsp3) is 0.417. The number of ether oxygens (including phenoxy) is 1. The predicted molar refractivity (Wildman–Crippen MR) is 71.9 cm³/mol. The molecule has 1 aromatic carbocycles. The molecule has 0 saturated heterocycles. The van der Waals surface area contributed by atoms with Gasteiger partial charge in [-0.05, 0) is 19.9 Å². The summed E-state index contributed by atoms with van der Waals surface area (Å²) in [5.74, 6) is -0.464. The number of nitro groups is 1. The van der Waals surface area contributed by atoms with Crippen LogP contribution in [0.25, 0.3) is 0 Å². The summed E-state index contributed by atoms with van der Waals surface area (Å²) < 4.78 is 5.22. The number of benzene rings is 1. The third-order valence-electron chi connectivity index (χ3n) is 2.27. The molecule has 6 nitrogen and oxygen atoms in total. The molecule has 1 unspecified atom stereocenters. The van der Waals surface area contributed by atoms with Gasteiger partial charge in [0.15, 0.2) is 0 Å². The maximum atomic E-state index is 11.9. The van der Waals surface area contributed by atoms with Crippen LogP contribution in [-0.4, -0.2) is 29.4 Å². The second-order valence-electron chi connectivity index (χ2n) is 3.83. The number of hydrogen-bond acceptors (Lipinski definition) is 4. The van der Waals surface area contributed by atoms with Gasteiger partial charge in [0.25, 0.3) is 5.91 Å². The number of para-hydroxylation sites is 1. The Bertz CT molecular complexity index is 477. The second kappa shape index (κ2) is 6.94. The molecule has 19 heavy (non-hydrogen) atoms. The molecule has 1 aromatic rings. The van der Waals surface area contributed by atoms with Crippen LogP contribution in [0.4, 0.5) is 5.69 Å². The van der Waals surface area contributed by atoms with Crippen molar-refractivity contribution < 1.29 is 14.5 Å². The van der Waals surface area contributed by atoms with Crippen LogP contribution in [0.1, 0.15) is 24.2 Å². The van der Waals surface area contributed by atoms with Gasteiger partial charge in [0.05, 0.1) is 17.1 Å². The first-order valence-electron chi connectivity index (χ1n) is 5.79. The Hall–Kier alpha value is -1.82. The van der Waals surface area contributed by atoms with Crippen LogP contribution < -0.4 is 10.1 Å². The Kier molecular flexibility index (Phi) is 5.57. The topological polar surface area (TPSA) is 81.5 Å². The molecule has 104 valence electrons. The lowest BCUT2D eigenvalue weighted by molar-refractivity contribution is -0.385. The van der Waals surface area contributed by atoms with E-state index in [1.54, 1.807) is 13.8 Å². The number of carbonyl (C=O) groups excluding carboxylic acids is 1. The molecular formula is C12H15ClN2O4. The number of rotatable bonds is 6. The summed E-state index contributed by atoms with van der Waals surface area (Å²) in [6.07, 6.45) is 0. The SMILES string of the molecule is CCOc1c(C(=O)NCC(C)Cl)cccc1[N+](=O)[O-]. The fourth-order valence-corrected chi connectivity index (χ4v) is 1.55. The number of nitro benzene ring substituents is 1. The lowest BCUT2D eigenvalue weighted by atomic mass is 10.1. The van der Waals surface area contributed by atoms with Crippen molar-refractivity contribution in [2.45, 2.75) is 19.2 Å². The zero-order valence-electron chi connectivity index (χ0n) is 10.7. The van der Waals surface area contributed by atoms with Gasteiger partial charge in [0.1, 0.15) is 0 Å². The largest absolute Gasteiger partial charge is 0.487 e. The van der Waals surface area contributed by atoms with Crippen LogP contribution >= 0.6 is 11.6 Å². The Balaban J connectivity index is 3.08. The van der Waals surface area contributed by atoms with Gasteiger partial charge in [0, 0.05) is 18.0 Å². The first-order chi connectivity index (χ1) is 8.97. The van der Waals surface area contributed by atoms with Gasteiger partial charge in [-0.3, -0.25) is 14.9 Å². The second-order valence-corrected chi connectivity index (χ2v) is 4.58. The molecule has 0 aliphatic rings. The third-order valence-corrected chi connectivity index (χ3v) is 2.42. The highest BCUT2D eigenvalue weighted by molar-refractivity contribution is 6.20. The first-order valence-corrected chi connectivity index (χ1v) is 6.23. The van der Waals surface area contributed by atoms with E-state index in [0.29, 0.717) is 0 Å². The minimum absolute atomic E-state index is 0.0188.